The van der Waals surface area contributed by atoms with Crippen LogP contribution in [0.4, 0.5) is 64.6 Å². The lowest BCUT2D eigenvalue weighted by Crippen LogP contribution is -2.34. The van der Waals surface area contributed by atoms with Gasteiger partial charge in [0.2, 0.25) is 24.4 Å². The van der Waals surface area contributed by atoms with E-state index in [4.69, 9.17) is 73.0 Å². The first-order valence-corrected chi connectivity index (χ1v) is 46.2. The van der Waals surface area contributed by atoms with Gasteiger partial charge in [-0.1, -0.05) is 38.7 Å². The van der Waals surface area contributed by atoms with Crippen LogP contribution >= 0.6 is 0 Å². The molecule has 1 aliphatic heterocycles. The Kier molecular flexibility index (Phi) is 32.2. The van der Waals surface area contributed by atoms with Gasteiger partial charge in [-0.3, -0.25) is 38.7 Å². The van der Waals surface area contributed by atoms with E-state index in [0.717, 1.165) is 137 Å². The van der Waals surface area contributed by atoms with Crippen LogP contribution in [0.5, 0.6) is 57.6 Å². The van der Waals surface area contributed by atoms with Gasteiger partial charge >= 0.3 is 6.18 Å². The Balaban J connectivity index is 0.000000139. The summed E-state index contributed by atoms with van der Waals surface area (Å²) in [5, 5.41) is 23.1. The van der Waals surface area contributed by atoms with Gasteiger partial charge in [-0.25, -0.2) is 34.9 Å². The maximum absolute atomic E-state index is 12.7. The Morgan fingerprint density at radius 2 is 0.836 bits per heavy atom. The average molecular weight is 1970 g/mol. The molecule has 146 heavy (non-hydrogen) atoms. The first-order valence-electron chi connectivity index (χ1n) is 46.2. The molecule has 746 valence electrons. The minimum absolute atomic E-state index is 0.0956. The van der Waals surface area contributed by atoms with Crippen LogP contribution < -0.4 is 83.3 Å². The third kappa shape index (κ3) is 25.1. The number of hydrogen-bond acceptors (Lipinski definition) is 32. The number of aromatic nitrogens is 19. The zero-order chi connectivity index (χ0) is 102. The third-order valence-corrected chi connectivity index (χ3v) is 23.2. The number of alkyl halides is 3. The van der Waals surface area contributed by atoms with Crippen molar-refractivity contribution in [2.75, 3.05) is 135 Å². The summed E-state index contributed by atoms with van der Waals surface area (Å²) in [7, 11) is 20.3. The van der Waals surface area contributed by atoms with Gasteiger partial charge in [0.25, 0.3) is 0 Å². The Morgan fingerprint density at radius 3 is 1.24 bits per heavy atom. The zero-order valence-corrected chi connectivity index (χ0v) is 83.0. The summed E-state index contributed by atoms with van der Waals surface area (Å²) in [5.41, 5.74) is 27.4. The van der Waals surface area contributed by atoms with Crippen molar-refractivity contribution in [2.24, 2.45) is 28.2 Å². The molecule has 0 radical (unpaired) electrons. The van der Waals surface area contributed by atoms with Crippen LogP contribution in [0.25, 0.3) is 89.2 Å². The van der Waals surface area contributed by atoms with Gasteiger partial charge < -0.3 is 83.3 Å². The van der Waals surface area contributed by atoms with E-state index in [1.54, 1.807) is 145 Å². The van der Waals surface area contributed by atoms with Gasteiger partial charge in [-0.2, -0.15) is 33.6 Å². The molecule has 0 bridgehead atoms. The van der Waals surface area contributed by atoms with Crippen LogP contribution in [0.1, 0.15) is 37.9 Å². The maximum atomic E-state index is 12.7. The Labute approximate surface area is 840 Å². The molecule has 0 saturated carbocycles. The molecule has 19 rings (SSSR count). The van der Waals surface area contributed by atoms with Gasteiger partial charge in [0.15, 0.2) is 11.5 Å². The van der Waals surface area contributed by atoms with Crippen LogP contribution in [0.3, 0.4) is 0 Å². The van der Waals surface area contributed by atoms with Crippen LogP contribution in [0.15, 0.2) is 238 Å². The van der Waals surface area contributed by atoms with Crippen molar-refractivity contribution < 1.29 is 60.5 Å². The minimum atomic E-state index is -4.29. The summed E-state index contributed by atoms with van der Waals surface area (Å²) in [6.07, 6.45) is 18.0. The van der Waals surface area contributed by atoms with Crippen molar-refractivity contribution in [3.8, 4) is 126 Å². The Hall–Kier alpha value is -18.0. The standard InChI is InChI=1S/C29H26N6O3.C27H24N8O2.C26H29F3N6O2.C25H28N6O3/c1-34-19-20(17-31-34)28-18-30-26-11-10-22(15-27(26)33-28)35(23-13-24(36-2)16-25(14-23)37-3)12-6-8-21-7-5-9-29(32-21)38-4;1-34-17-18(15-31-34)26-16-30-24-7-6-20(13-25(24)33-26)35(10-4-5-19-8-9-29-27(28)32-19)21-11-22(36-2)14-23(12-21)37-3;1-5-25-21(14-32-34(25)2)24-15-31-22-7-6-17(12-23(22)33-24)35(9-8-30-16-26(27,28)29)18-10-19(36-3)13-20(11-18)37-4;1-16(2)26-7-8-31(19-10-23(32-4)25-24(11-19)33-15-34-25)18-5-6-20-21(9-18)29-22(13-27-20)17-12-28-30(3)14-17/h5,7,9-11,13-19H,12H2,1-4H3;6-9,11-17H,10H2,1-3H3,(H2,28,29,32);6-7,10-15,30H,5,8-9,16H2,1-4H3;5-6,9-14,16,26H,7-8,15H2,1-4H3. The molecular weight excluding hydrogens is 1870 g/mol. The van der Waals surface area contributed by atoms with Gasteiger partial charge in [0.05, 0.1) is 193 Å². The molecule has 0 unspecified atom stereocenters. The summed E-state index contributed by atoms with van der Waals surface area (Å²) in [4.78, 5) is 58.5. The lowest BCUT2D eigenvalue weighted by Gasteiger charge is -2.26. The van der Waals surface area contributed by atoms with E-state index in [1.807, 2.05) is 195 Å². The highest BCUT2D eigenvalue weighted by molar-refractivity contribution is 5.88. The van der Waals surface area contributed by atoms with Crippen LogP contribution in [0.2, 0.25) is 0 Å². The normalized spacial score (nSPS) is 11.3. The second kappa shape index (κ2) is 46.6. The van der Waals surface area contributed by atoms with E-state index >= 15 is 0 Å². The Bertz CT molecular complexity index is 7720. The smallest absolute Gasteiger partial charge is 0.401 e. The molecule has 4 N–H and O–H groups in total. The molecule has 39 heteroatoms. The number of aryl methyl sites for hydroxylation is 4. The quantitative estimate of drug-likeness (QED) is 0.0268. The van der Waals surface area contributed by atoms with Gasteiger partial charge in [-0.15, -0.1) is 0 Å². The number of anilines is 9. The van der Waals surface area contributed by atoms with E-state index in [1.165, 1.54) is 0 Å². The lowest BCUT2D eigenvalue weighted by atomic mass is 10.1. The zero-order valence-electron chi connectivity index (χ0n) is 83.0. The van der Waals surface area contributed by atoms with Crippen LogP contribution in [-0.2, 0) is 34.6 Å². The first kappa shape index (κ1) is 101. The maximum Gasteiger partial charge on any atom is 0.401 e. The van der Waals surface area contributed by atoms with Crippen molar-refractivity contribution in [1.82, 2.24) is 105 Å². The van der Waals surface area contributed by atoms with Crippen molar-refractivity contribution in [3.05, 3.63) is 255 Å². The van der Waals surface area contributed by atoms with E-state index in [0.29, 0.717) is 111 Å². The fraction of sp³-hybridized carbons (Fsp3) is 0.243. The molecule has 8 aromatic carbocycles. The predicted octanol–water partition coefficient (Wildman–Crippen LogP) is 17.1. The number of nitrogens with zero attached hydrogens (tertiary/aromatic N) is 23. The summed E-state index contributed by atoms with van der Waals surface area (Å²) in [6.45, 7) is 8.06. The number of rotatable bonds is 31. The third-order valence-electron chi connectivity index (χ3n) is 23.2. The Morgan fingerprint density at radius 1 is 0.418 bits per heavy atom. The first-order chi connectivity index (χ1) is 70.8. The van der Waals surface area contributed by atoms with E-state index in [9.17, 15) is 13.2 Å². The topological polar surface area (TPSA) is 368 Å². The number of methoxy groups -OCH3 is 8. The molecule has 1 aliphatic rings. The van der Waals surface area contributed by atoms with Crippen molar-refractivity contribution >= 4 is 95.6 Å². The van der Waals surface area contributed by atoms with Crippen LogP contribution in [-0.4, -0.2) is 216 Å². The van der Waals surface area contributed by atoms with Gasteiger partial charge in [-0.05, 0) is 103 Å². The van der Waals surface area contributed by atoms with Crippen molar-refractivity contribution in [1.29, 1.82) is 0 Å². The molecule has 0 aliphatic carbocycles. The molecule has 18 aromatic rings. The molecule has 36 nitrogen and oxygen atoms in total. The summed E-state index contributed by atoms with van der Waals surface area (Å²) in [6, 6.07) is 51.9. The van der Waals surface area contributed by atoms with E-state index < -0.39 is 12.7 Å². The van der Waals surface area contributed by atoms with Crippen molar-refractivity contribution in [3.63, 3.8) is 0 Å². The van der Waals surface area contributed by atoms with Crippen molar-refractivity contribution in [2.45, 2.75) is 39.4 Å². The molecule has 0 spiro atoms. The van der Waals surface area contributed by atoms with Gasteiger partial charge in [0.1, 0.15) is 45.9 Å². The summed E-state index contributed by atoms with van der Waals surface area (Å²) < 4.78 is 100. The largest absolute Gasteiger partial charge is 0.497 e. The van der Waals surface area contributed by atoms with Crippen LogP contribution in [0, 0.1) is 23.7 Å². The van der Waals surface area contributed by atoms with Gasteiger partial charge in [0, 0.05) is 231 Å². The summed E-state index contributed by atoms with van der Waals surface area (Å²) in [5.74, 6) is 19.1. The number of nitrogens with one attached hydrogen (secondary N) is 2. The number of ether oxygens (including phenoxy) is 10. The number of nitrogen functional groups attached to an aromatic ring is 1. The summed E-state index contributed by atoms with van der Waals surface area (Å²) >= 11 is 0. The average Bonchev–Trinajstić information content (AvgIpc) is 1.59. The number of benzene rings is 8. The molecule has 10 aromatic heterocycles. The molecular formula is C107H107F3N26O10. The van der Waals surface area contributed by atoms with E-state index in [-0.39, 0.29) is 25.8 Å². The highest BCUT2D eigenvalue weighted by Crippen LogP contribution is 2.47. The SMILES string of the molecule is CCc1c(-c2cnc3ccc(N(CCNCC(F)(F)F)c4cc(OC)cc(OC)c4)cc3n2)cnn1C.COc1cc(N(CCNC(C)C)c2ccc3ncc(-c4cnn(C)c4)nc3c2)cc2c1OCO2.COc1cc(OC)cc(N(CC#Cc2cccc(OC)n2)c2ccc3ncc(-c4cnn(C)c4)nc3c2)c1.COc1cc(OC)cc(N(CC#Cc2ccnc(N)n2)c2ccc3ncc(-c4cnn(C)c4)nc3c2)c1. The fourth-order valence-electron chi connectivity index (χ4n) is 15.9. The molecule has 11 heterocycles. The highest BCUT2D eigenvalue weighted by Gasteiger charge is 2.28. The molecule has 0 atom stereocenters. The molecule has 0 fully saturated rings. The highest BCUT2D eigenvalue weighted by atomic mass is 19.4. The predicted molar refractivity (Wildman–Crippen MR) is 555 cm³/mol. The number of fused-ring (bicyclic) bond motifs is 5. The number of nitrogens with two attached hydrogens (primary N) is 1. The number of halogens is 3. The number of hydrogen-bond donors (Lipinski definition) is 3. The monoisotopic (exact) mass is 1970 g/mol. The molecule has 0 saturated heterocycles. The second-order valence-corrected chi connectivity index (χ2v) is 33.3. The lowest BCUT2D eigenvalue weighted by molar-refractivity contribution is -0.124. The minimum Gasteiger partial charge on any atom is -0.497 e. The molecule has 0 amide bonds. The number of pyridine rings is 1. The van der Waals surface area contributed by atoms with E-state index in [2.05, 4.69) is 132 Å². The fourth-order valence-corrected chi connectivity index (χ4v) is 15.9. The second-order valence-electron chi connectivity index (χ2n) is 33.3.